The Morgan fingerprint density at radius 2 is 1.00 bits per heavy atom. The number of phenolic OH excluding ortho intramolecular Hbond substituents is 1. The quantitative estimate of drug-likeness (QED) is 0.0213. The third-order valence-corrected chi connectivity index (χ3v) is 17.8. The summed E-state index contributed by atoms with van der Waals surface area (Å²) in [7, 11) is 0. The van der Waals surface area contributed by atoms with Crippen LogP contribution in [0.5, 0.6) is 5.75 Å². The summed E-state index contributed by atoms with van der Waals surface area (Å²) in [6.45, 7) is 7.91. The number of aromatic hydroxyl groups is 1. The first kappa shape index (κ1) is 92.2. The van der Waals surface area contributed by atoms with Crippen molar-refractivity contribution in [3.05, 3.63) is 29.8 Å². The van der Waals surface area contributed by atoms with Gasteiger partial charge in [0.2, 0.25) is 83.1 Å². The monoisotopic (exact) mass is 1530 g/mol. The van der Waals surface area contributed by atoms with Crippen molar-refractivity contribution in [2.45, 2.75) is 222 Å². The molecule has 1 aliphatic rings. The zero-order valence-corrected chi connectivity index (χ0v) is 62.2. The van der Waals surface area contributed by atoms with Gasteiger partial charge >= 0.3 is 5.97 Å². The molecule has 104 heavy (non-hydrogen) atoms. The number of nitrogens with zero attached hydrogens (tertiary/aromatic N) is 1. The second-order valence-electron chi connectivity index (χ2n) is 25.6. The first-order valence-electron chi connectivity index (χ1n) is 34.3. The fourth-order valence-electron chi connectivity index (χ4n) is 10.6. The highest BCUT2D eigenvalue weighted by molar-refractivity contribution is 7.98. The molecule has 1 aliphatic heterocycles. The minimum Gasteiger partial charge on any atom is -0.508 e. The van der Waals surface area contributed by atoms with E-state index in [0.29, 0.717) is 37.8 Å². The number of hydrogen-bond donors (Lipinski definition) is 22. The van der Waals surface area contributed by atoms with Gasteiger partial charge in [-0.05, 0) is 147 Å². The molecule has 39 heteroatoms. The van der Waals surface area contributed by atoms with Gasteiger partial charge in [0.1, 0.15) is 78.3 Å². The molecular formula is C65H107N16O20S3. The van der Waals surface area contributed by atoms with Gasteiger partial charge in [0.05, 0.1) is 30.9 Å². The highest BCUT2D eigenvalue weighted by Gasteiger charge is 2.42. The van der Waals surface area contributed by atoms with E-state index in [1.54, 1.807) is 12.5 Å². The number of carbonyl (C=O) groups excluding carboxylic acids is 14. The SMILES string of the molecule is CSCC[C@H](NC(=O)[C@@H]1CCCN1C(=O)[C@H](CCC(=O)O)NC(=O)[C@H](CCCCN)NC(=O)[C@H](CS)NC(=O)[C@@H](NC(=O)[C@H](Cc1ccc(O)cc1)NC(=O)[C@H](CS)NC(=O)[C@H](CCCCN)NC(=O)[C@@H](N)CC(C)C)[C@@H](C)O)C(=O)N[C@H](C(=O)N[C@@H](CO)C(=O)N[C@@H](C)C(=O)N[C@@H](C)[C]=O)[C@@H](C)O. The molecule has 0 saturated carbocycles. The van der Waals surface area contributed by atoms with Crippen LogP contribution in [0.4, 0.5) is 0 Å². The molecule has 23 N–H and O–H groups in total. The number of carboxylic acids is 1. The largest absolute Gasteiger partial charge is 0.508 e. The van der Waals surface area contributed by atoms with Gasteiger partial charge in [-0.1, -0.05) is 26.0 Å². The molecule has 585 valence electrons. The first-order chi connectivity index (χ1) is 49.1. The zero-order valence-electron chi connectivity index (χ0n) is 59.6. The predicted molar refractivity (Wildman–Crippen MR) is 388 cm³/mol. The maximum atomic E-state index is 14.6. The Labute approximate surface area is 619 Å². The molecule has 2 rings (SSSR count). The molecule has 0 aromatic heterocycles. The normalized spacial score (nSPS) is 17.0. The molecule has 1 aromatic rings. The number of aliphatic hydroxyl groups excluding tert-OH is 3. The third-order valence-electron chi connectivity index (χ3n) is 16.4. The molecule has 1 aromatic carbocycles. The predicted octanol–water partition coefficient (Wildman–Crippen LogP) is -6.24. The number of nitrogens with two attached hydrogens (primary N) is 3. The highest BCUT2D eigenvalue weighted by Crippen LogP contribution is 2.22. The second kappa shape index (κ2) is 48.2. The molecular weight excluding hydrogens is 1420 g/mol. The van der Waals surface area contributed by atoms with Crippen molar-refractivity contribution in [2.75, 3.05) is 49.8 Å². The van der Waals surface area contributed by atoms with Gasteiger partial charge in [-0.15, -0.1) is 0 Å². The summed E-state index contributed by atoms with van der Waals surface area (Å²) < 4.78 is 0. The number of phenols is 1. The van der Waals surface area contributed by atoms with Crippen LogP contribution in [0.1, 0.15) is 124 Å². The van der Waals surface area contributed by atoms with Crippen LogP contribution in [0.15, 0.2) is 24.3 Å². The number of aliphatic carboxylic acids is 1. The minimum absolute atomic E-state index is 0.00571. The van der Waals surface area contributed by atoms with Gasteiger partial charge in [-0.25, -0.2) is 0 Å². The Hall–Kier alpha value is -7.92. The van der Waals surface area contributed by atoms with E-state index in [1.807, 2.05) is 13.8 Å². The van der Waals surface area contributed by atoms with E-state index in [0.717, 1.165) is 18.7 Å². The molecule has 16 atom stereocenters. The maximum Gasteiger partial charge on any atom is 0.303 e. The summed E-state index contributed by atoms with van der Waals surface area (Å²) in [5.41, 5.74) is 17.9. The van der Waals surface area contributed by atoms with Crippen molar-refractivity contribution >= 4 is 126 Å². The van der Waals surface area contributed by atoms with Gasteiger partial charge in [0.25, 0.3) is 0 Å². The van der Waals surface area contributed by atoms with Crippen LogP contribution in [0, 0.1) is 5.92 Å². The summed E-state index contributed by atoms with van der Waals surface area (Å²) in [4.78, 5) is 204. The number of thiol groups is 2. The number of thioether (sulfide) groups is 1. The van der Waals surface area contributed by atoms with Crippen LogP contribution in [-0.2, 0) is 78.3 Å². The Kier molecular flexibility index (Phi) is 42.7. The lowest BCUT2D eigenvalue weighted by atomic mass is 10.0. The number of amides is 13. The molecule has 1 heterocycles. The van der Waals surface area contributed by atoms with Crippen molar-refractivity contribution in [2.24, 2.45) is 23.1 Å². The first-order valence-corrected chi connectivity index (χ1v) is 36.9. The molecule has 1 saturated heterocycles. The molecule has 0 spiro atoms. The number of nitrogens with one attached hydrogen (secondary N) is 12. The van der Waals surface area contributed by atoms with E-state index in [1.165, 1.54) is 49.9 Å². The van der Waals surface area contributed by atoms with Gasteiger partial charge in [-0.3, -0.25) is 71.9 Å². The van der Waals surface area contributed by atoms with E-state index in [4.69, 9.17) is 17.2 Å². The summed E-state index contributed by atoms with van der Waals surface area (Å²) >= 11 is 9.81. The maximum absolute atomic E-state index is 14.6. The molecule has 0 bridgehead atoms. The van der Waals surface area contributed by atoms with Crippen LogP contribution in [0.25, 0.3) is 0 Å². The number of hydrogen-bond acceptors (Lipinski definition) is 25. The molecule has 0 unspecified atom stereocenters. The van der Waals surface area contributed by atoms with Gasteiger partial charge in [0, 0.05) is 30.9 Å². The number of aliphatic hydroxyl groups is 3. The number of carboxylic acid groups (broad SMARTS) is 1. The number of rotatable bonds is 49. The van der Waals surface area contributed by atoms with Crippen LogP contribution >= 0.6 is 37.0 Å². The Morgan fingerprint density at radius 1 is 0.558 bits per heavy atom. The van der Waals surface area contributed by atoms with Crippen LogP contribution < -0.4 is 81.0 Å². The lowest BCUT2D eigenvalue weighted by Gasteiger charge is -2.31. The number of unbranched alkanes of at least 4 members (excludes halogenated alkanes) is 2. The summed E-state index contributed by atoms with van der Waals surface area (Å²) in [6, 6.07) is -14.9. The van der Waals surface area contributed by atoms with Gasteiger partial charge in [0.15, 0.2) is 0 Å². The molecule has 1 fully saturated rings. The van der Waals surface area contributed by atoms with E-state index < -0.39 is 205 Å². The van der Waals surface area contributed by atoms with Crippen LogP contribution in [0.3, 0.4) is 0 Å². The molecule has 13 amide bonds. The van der Waals surface area contributed by atoms with E-state index in [2.05, 4.69) is 89.1 Å². The Morgan fingerprint density at radius 3 is 1.47 bits per heavy atom. The van der Waals surface area contributed by atoms with E-state index >= 15 is 0 Å². The average molecular weight is 1530 g/mol. The standard InChI is InChI=1S/C65H107N16O20S3/c1-33(2)27-40(68)54(90)71-41(13-8-10-23-66)56(92)77-47(31-102)61(97)75-45(28-38-16-18-39(86)19-17-38)58(94)80-52(37(6)85)64(100)78-48(32-103)60(96)72-42(14-9-11-24-67)55(91)74-44(20-21-50(87)88)65(101)81-25-12-15-49(81)62(98)73-43(22-26-104-7)57(93)79-51(36(5)84)63(99)76-46(30-83)59(95)70-35(4)53(89)69-34(3)29-82/h16-19,33-37,40-49,51-52,83-86,102-103H,8-15,20-28,30-32,66-68H2,1-7H3,(H,69,89)(H,70,95)(H,71,90)(H,72,96)(H,73,98)(H,74,91)(H,75,97)(H,76,99)(H,77,92)(H,78,100)(H,79,93)(H,80,94)(H,87,88)/t34-,35-,36+,37+,40-,41-,42-,43-,44-,45-,46-,47-,48-,49-,51-,52-/m0/s1. The van der Waals surface area contributed by atoms with E-state index in [-0.39, 0.29) is 81.2 Å². The van der Waals surface area contributed by atoms with Crippen LogP contribution in [0.2, 0.25) is 0 Å². The topological polar surface area (TPSA) is 583 Å². The summed E-state index contributed by atoms with van der Waals surface area (Å²) in [6.07, 6.45) is 0.197. The lowest BCUT2D eigenvalue weighted by Crippen LogP contribution is -2.62. The Balaban J connectivity index is 2.42. The Bertz CT molecular complexity index is 3030. The fraction of sp³-hybridized carbons (Fsp3) is 0.677. The van der Waals surface area contributed by atoms with Crippen molar-refractivity contribution < 1.29 is 97.5 Å². The molecule has 36 nitrogen and oxygen atoms in total. The zero-order chi connectivity index (χ0) is 78.5. The van der Waals surface area contributed by atoms with Crippen molar-refractivity contribution in [1.82, 2.24) is 68.7 Å². The summed E-state index contributed by atoms with van der Waals surface area (Å²) in [5.74, 6) is -14.4. The number of carbonyl (C=O) groups is 14. The van der Waals surface area contributed by atoms with Crippen LogP contribution in [-0.4, -0.2) is 266 Å². The third kappa shape index (κ3) is 32.2. The number of benzene rings is 1. The lowest BCUT2D eigenvalue weighted by molar-refractivity contribution is -0.144. The average Bonchev–Trinajstić information content (AvgIpc) is 1.61. The van der Waals surface area contributed by atoms with Crippen molar-refractivity contribution in [3.63, 3.8) is 0 Å². The number of likely N-dealkylation sites (tertiary alicyclic amines) is 1. The van der Waals surface area contributed by atoms with Crippen molar-refractivity contribution in [1.29, 1.82) is 0 Å². The second-order valence-corrected chi connectivity index (χ2v) is 27.4. The molecule has 0 aliphatic carbocycles. The fourth-order valence-corrected chi connectivity index (χ4v) is 11.5. The van der Waals surface area contributed by atoms with Gasteiger partial charge < -0.3 is 111 Å². The summed E-state index contributed by atoms with van der Waals surface area (Å²) in [5, 5.41) is 80.8. The smallest absolute Gasteiger partial charge is 0.303 e. The minimum atomic E-state index is -1.87. The highest BCUT2D eigenvalue weighted by atomic mass is 32.2. The van der Waals surface area contributed by atoms with Crippen molar-refractivity contribution in [3.8, 4) is 5.75 Å². The van der Waals surface area contributed by atoms with E-state index in [9.17, 15) is 97.5 Å². The van der Waals surface area contributed by atoms with Gasteiger partial charge in [-0.2, -0.15) is 37.0 Å². The molecule has 1 radical (unpaired) electrons.